The first-order valence-corrected chi connectivity index (χ1v) is 15.9. The number of carbonyl (C=O) groups excluding carboxylic acids is 2. The van der Waals surface area contributed by atoms with Crippen LogP contribution in [0.4, 0.5) is 0 Å². The van der Waals surface area contributed by atoms with Gasteiger partial charge in [0.25, 0.3) is 0 Å². The Kier molecular flexibility index (Phi) is 50.7. The molecular weight excluding hydrogens is 630 g/mol. The fourth-order valence-electron chi connectivity index (χ4n) is 2.63. The first kappa shape index (κ1) is 54.7. The van der Waals surface area contributed by atoms with Crippen LogP contribution in [0.25, 0.3) is 6.08 Å². The van der Waals surface area contributed by atoms with Gasteiger partial charge in [-0.05, 0) is 51.4 Å². The molecule has 0 spiro atoms. The molecule has 0 unspecified atom stereocenters. The Morgan fingerprint density at radius 2 is 1.16 bits per heavy atom. The van der Waals surface area contributed by atoms with Gasteiger partial charge in [-0.3, -0.25) is 4.90 Å². The average molecular weight is 696 g/mol. The Labute approximate surface area is 304 Å². The second-order valence-electron chi connectivity index (χ2n) is 9.36. The molecule has 0 amide bonds. The van der Waals surface area contributed by atoms with E-state index in [-0.39, 0.29) is 11.9 Å². The molecule has 2 rings (SSSR count). The molecule has 0 aliphatic carbocycles. The van der Waals surface area contributed by atoms with E-state index in [4.69, 9.17) is 9.47 Å². The maximum atomic E-state index is 10.4. The number of carbonyl (C=O) groups is 2. The minimum absolute atomic E-state index is 0.312. The number of hydrogen-bond donors (Lipinski definition) is 0. The van der Waals surface area contributed by atoms with Crippen molar-refractivity contribution >= 4 is 18.0 Å². The number of ether oxygens (including phenoxy) is 5. The predicted molar refractivity (Wildman–Crippen MR) is 214 cm³/mol. The van der Waals surface area contributed by atoms with Crippen LogP contribution in [0.3, 0.4) is 0 Å². The molecule has 0 radical (unpaired) electrons. The van der Waals surface area contributed by atoms with E-state index in [0.29, 0.717) is 32.0 Å². The third-order valence-corrected chi connectivity index (χ3v) is 4.81. The molecular formula is C42H65NO7. The van der Waals surface area contributed by atoms with Crippen LogP contribution in [0, 0.1) is 0 Å². The van der Waals surface area contributed by atoms with E-state index >= 15 is 0 Å². The topological polar surface area (TPSA) is 83.5 Å². The van der Waals surface area contributed by atoms with Gasteiger partial charge in [-0.15, -0.1) is 19.7 Å². The largest absolute Gasteiger partial charge is 0.505 e. The highest BCUT2D eigenvalue weighted by molar-refractivity contribution is 5.86. The highest BCUT2D eigenvalue weighted by Gasteiger charge is 1.98. The molecule has 0 fully saturated rings. The van der Waals surface area contributed by atoms with E-state index in [0.717, 1.165) is 24.7 Å². The lowest BCUT2D eigenvalue weighted by Crippen LogP contribution is -2.17. The fraction of sp³-hybridized carbons (Fsp3) is 0.333. The molecule has 0 bridgehead atoms. The molecule has 0 saturated carbocycles. The smallest absolute Gasteiger partial charge is 0.333 e. The summed E-state index contributed by atoms with van der Waals surface area (Å²) in [5.74, 6) is -0.671. The van der Waals surface area contributed by atoms with Crippen molar-refractivity contribution in [2.45, 2.75) is 40.9 Å². The van der Waals surface area contributed by atoms with E-state index in [1.807, 2.05) is 86.8 Å². The number of likely N-dealkylation sites (N-methyl/N-ethyl adjacent to an activating group) is 1. The average Bonchev–Trinajstić information content (AvgIpc) is 3.11. The van der Waals surface area contributed by atoms with E-state index in [2.05, 4.69) is 65.2 Å². The molecule has 50 heavy (non-hydrogen) atoms. The summed E-state index contributed by atoms with van der Waals surface area (Å²) >= 11 is 0. The lowest BCUT2D eigenvalue weighted by Gasteiger charge is -2.09. The molecule has 0 aromatic heterocycles. The van der Waals surface area contributed by atoms with Crippen molar-refractivity contribution in [3.63, 3.8) is 0 Å². The Hall–Kier alpha value is -4.76. The minimum Gasteiger partial charge on any atom is -0.505 e. The molecule has 0 saturated heterocycles. The number of hydrogen-bond acceptors (Lipinski definition) is 8. The molecule has 0 aliphatic rings. The summed E-state index contributed by atoms with van der Waals surface area (Å²) in [6, 6.07) is 18.2. The van der Waals surface area contributed by atoms with Crippen molar-refractivity contribution in [1.82, 2.24) is 4.90 Å². The van der Waals surface area contributed by atoms with Crippen LogP contribution < -0.4 is 0 Å². The van der Waals surface area contributed by atoms with Crippen LogP contribution in [0.5, 0.6) is 0 Å². The van der Waals surface area contributed by atoms with Crippen molar-refractivity contribution in [2.24, 2.45) is 0 Å². The molecule has 0 aliphatic heterocycles. The zero-order valence-corrected chi connectivity index (χ0v) is 32.2. The van der Waals surface area contributed by atoms with Gasteiger partial charge in [0.05, 0.1) is 39.8 Å². The zero-order chi connectivity index (χ0) is 39.4. The number of allylic oxidation sites excluding steroid dienone is 1. The van der Waals surface area contributed by atoms with Crippen LogP contribution >= 0.6 is 0 Å². The molecule has 8 nitrogen and oxygen atoms in total. The standard InChI is InChI=1S/C10H12O.C8H10O.C7H13N.C6H10O2.C5H8O2.C3H6O.C3H6/c1-3-9-4-6-10(7-5-9)8-11-2;1-9-7-8-5-3-2-4-6-8;1-4-6-8(3)7-5-2;1-4-8-6(7)5(2)3;1-3-5(6)7-4-2;1-3-4-2;1-3-2/h3-7H,1,8H2,2H3;2-6H,7H2,1H3;4-5H,1-2,6-7H2,3H3;2,4H2,1,3H3;3H,1,4H2,2H3;3H,1H2,2H3;3H,1H2,2H3. The summed E-state index contributed by atoms with van der Waals surface area (Å²) in [6.07, 6.45) is 9.85. The summed E-state index contributed by atoms with van der Waals surface area (Å²) < 4.78 is 23.2. The number of nitrogens with zero attached hydrogens (tertiary/aromatic N) is 1. The highest BCUT2D eigenvalue weighted by Crippen LogP contribution is 2.05. The SMILES string of the molecule is C=C(C)C(=O)OCC.C=CC.C=CC(=O)OCC.C=CCN(C)CC=C.C=COC.C=Cc1ccc(COC)cc1.COCc1ccccc1. The molecule has 8 heteroatoms. The first-order chi connectivity index (χ1) is 23.9. The fourth-order valence-corrected chi connectivity index (χ4v) is 2.63. The van der Waals surface area contributed by atoms with E-state index in [1.54, 1.807) is 48.2 Å². The van der Waals surface area contributed by atoms with Gasteiger partial charge < -0.3 is 23.7 Å². The van der Waals surface area contributed by atoms with Crippen LogP contribution in [0.1, 0.15) is 44.4 Å². The van der Waals surface area contributed by atoms with Gasteiger partial charge in [-0.2, -0.15) is 0 Å². The number of benzene rings is 2. The molecule has 2 aromatic rings. The minimum atomic E-state index is -0.359. The Balaban J connectivity index is -0.000000162. The van der Waals surface area contributed by atoms with Gasteiger partial charge in [-0.1, -0.05) is 105 Å². The van der Waals surface area contributed by atoms with E-state index < -0.39 is 0 Å². The number of rotatable bonds is 14. The van der Waals surface area contributed by atoms with Crippen LogP contribution in [-0.2, 0) is 46.5 Å². The highest BCUT2D eigenvalue weighted by atomic mass is 16.5. The summed E-state index contributed by atoms with van der Waals surface area (Å²) in [7, 11) is 6.99. The van der Waals surface area contributed by atoms with Crippen molar-refractivity contribution in [2.75, 3.05) is 54.7 Å². The third kappa shape index (κ3) is 47.6. The maximum absolute atomic E-state index is 10.4. The van der Waals surface area contributed by atoms with Gasteiger partial charge in [-0.25, -0.2) is 9.59 Å². The third-order valence-electron chi connectivity index (χ3n) is 4.81. The summed E-state index contributed by atoms with van der Waals surface area (Å²) in [4.78, 5) is 22.6. The van der Waals surface area contributed by atoms with E-state index in [1.165, 1.54) is 17.4 Å². The molecule has 2 aromatic carbocycles. The van der Waals surface area contributed by atoms with Crippen LogP contribution in [0.2, 0.25) is 0 Å². The van der Waals surface area contributed by atoms with Crippen molar-refractivity contribution in [3.8, 4) is 0 Å². The second-order valence-corrected chi connectivity index (χ2v) is 9.36. The van der Waals surface area contributed by atoms with Gasteiger partial charge in [0.1, 0.15) is 0 Å². The molecule has 0 atom stereocenters. The van der Waals surface area contributed by atoms with Crippen molar-refractivity contribution in [3.05, 3.63) is 153 Å². The van der Waals surface area contributed by atoms with Gasteiger partial charge in [0.2, 0.25) is 0 Å². The Morgan fingerprint density at radius 1 is 0.740 bits per heavy atom. The normalized spacial score (nSPS) is 8.34. The predicted octanol–water partition coefficient (Wildman–Crippen LogP) is 9.43. The van der Waals surface area contributed by atoms with Crippen molar-refractivity contribution < 1.29 is 33.3 Å². The van der Waals surface area contributed by atoms with Gasteiger partial charge in [0.15, 0.2) is 0 Å². The van der Waals surface area contributed by atoms with E-state index in [9.17, 15) is 9.59 Å². The van der Waals surface area contributed by atoms with Crippen LogP contribution in [0.15, 0.2) is 137 Å². The molecule has 0 N–H and O–H groups in total. The zero-order valence-electron chi connectivity index (χ0n) is 32.2. The summed E-state index contributed by atoms with van der Waals surface area (Å²) in [5, 5.41) is 0. The molecule has 0 heterocycles. The second kappa shape index (κ2) is 46.4. The lowest BCUT2D eigenvalue weighted by molar-refractivity contribution is -0.138. The quantitative estimate of drug-likeness (QED) is 0.0837. The number of methoxy groups -OCH3 is 3. The van der Waals surface area contributed by atoms with Gasteiger partial charge >= 0.3 is 11.9 Å². The molecule has 280 valence electrons. The monoisotopic (exact) mass is 695 g/mol. The maximum Gasteiger partial charge on any atom is 0.333 e. The van der Waals surface area contributed by atoms with Gasteiger partial charge in [0, 0.05) is 39.0 Å². The Bertz CT molecular complexity index is 1120. The lowest BCUT2D eigenvalue weighted by atomic mass is 10.1. The number of esters is 2. The van der Waals surface area contributed by atoms with Crippen LogP contribution in [-0.4, -0.2) is 71.5 Å². The first-order valence-electron chi connectivity index (χ1n) is 15.9. The summed E-state index contributed by atoms with van der Waals surface area (Å²) in [6.45, 7) is 35.2. The summed E-state index contributed by atoms with van der Waals surface area (Å²) in [5.41, 5.74) is 4.01. The van der Waals surface area contributed by atoms with Crippen molar-refractivity contribution in [1.29, 1.82) is 0 Å². The Morgan fingerprint density at radius 3 is 1.42 bits per heavy atom.